The molecular weight excluding hydrogens is 374 g/mol. The van der Waals surface area contributed by atoms with E-state index in [9.17, 15) is 9.59 Å². The number of cyclic esters (lactones) is 2. The highest BCUT2D eigenvalue weighted by atomic mass is 16.7. The van der Waals surface area contributed by atoms with Gasteiger partial charge >= 0.3 is 11.9 Å². The van der Waals surface area contributed by atoms with E-state index in [0.29, 0.717) is 11.5 Å². The lowest BCUT2D eigenvalue weighted by atomic mass is 9.80. The Kier molecular flexibility index (Phi) is 3.81. The lowest BCUT2D eigenvalue weighted by Crippen LogP contribution is -2.48. The Hall–Kier alpha value is -3.48. The van der Waals surface area contributed by atoms with Crippen LogP contribution in [0.1, 0.15) is 30.9 Å². The first kappa shape index (κ1) is 17.6. The minimum absolute atomic E-state index is 0.137. The molecule has 0 spiro atoms. The zero-order valence-electron chi connectivity index (χ0n) is 15.9. The highest BCUT2D eigenvalue weighted by molar-refractivity contribution is 5.99. The maximum atomic E-state index is 12.9. The van der Waals surface area contributed by atoms with E-state index in [1.807, 2.05) is 36.5 Å². The minimum Gasteiger partial charge on any atom is -0.454 e. The second-order valence-electron chi connectivity index (χ2n) is 7.60. The average Bonchev–Trinajstić information content (AvgIpc) is 3.30. The predicted octanol–water partition coefficient (Wildman–Crippen LogP) is 3.48. The third kappa shape index (κ3) is 2.90. The molecule has 1 saturated heterocycles. The summed E-state index contributed by atoms with van der Waals surface area (Å²) in [6.45, 7) is 3.22. The Balaban J connectivity index is 1.68. The maximum absolute atomic E-state index is 12.9. The second-order valence-corrected chi connectivity index (χ2v) is 7.60. The van der Waals surface area contributed by atoms with Crippen molar-refractivity contribution < 1.29 is 28.5 Å². The van der Waals surface area contributed by atoms with Crippen LogP contribution in [0.3, 0.4) is 0 Å². The van der Waals surface area contributed by atoms with Gasteiger partial charge in [0, 0.05) is 36.9 Å². The Bertz CT molecular complexity index is 1110. The van der Waals surface area contributed by atoms with Crippen LogP contribution < -0.4 is 9.47 Å². The number of aromatic nitrogens is 1. The molecule has 2 aliphatic rings. The van der Waals surface area contributed by atoms with Gasteiger partial charge in [-0.3, -0.25) is 9.59 Å². The van der Waals surface area contributed by atoms with Gasteiger partial charge in [-0.2, -0.15) is 0 Å². The summed E-state index contributed by atoms with van der Waals surface area (Å²) in [7, 11) is 0. The molecule has 0 saturated carbocycles. The van der Waals surface area contributed by atoms with Crippen LogP contribution >= 0.6 is 0 Å². The van der Waals surface area contributed by atoms with Crippen LogP contribution in [0.4, 0.5) is 0 Å². The van der Waals surface area contributed by atoms with Crippen LogP contribution in [0.5, 0.6) is 11.5 Å². The molecule has 148 valence electrons. The van der Waals surface area contributed by atoms with Crippen molar-refractivity contribution in [3.8, 4) is 11.5 Å². The van der Waals surface area contributed by atoms with Gasteiger partial charge < -0.3 is 23.9 Å². The zero-order chi connectivity index (χ0) is 20.2. The van der Waals surface area contributed by atoms with Crippen molar-refractivity contribution >= 4 is 22.8 Å². The number of aromatic amines is 1. The third-order valence-electron chi connectivity index (χ3n) is 5.25. The van der Waals surface area contributed by atoms with Gasteiger partial charge in [0.25, 0.3) is 5.79 Å². The fourth-order valence-electron chi connectivity index (χ4n) is 4.01. The Labute approximate surface area is 166 Å². The largest absolute Gasteiger partial charge is 0.454 e. The lowest BCUT2D eigenvalue weighted by Gasteiger charge is -2.36. The molecule has 1 fully saturated rings. The quantitative estimate of drug-likeness (QED) is 0.542. The van der Waals surface area contributed by atoms with Crippen molar-refractivity contribution in [1.29, 1.82) is 0 Å². The molecule has 7 nitrogen and oxygen atoms in total. The van der Waals surface area contributed by atoms with Crippen LogP contribution in [0.15, 0.2) is 48.7 Å². The molecule has 0 amide bonds. The summed E-state index contributed by atoms with van der Waals surface area (Å²) >= 11 is 0. The monoisotopic (exact) mass is 393 g/mol. The highest BCUT2D eigenvalue weighted by Crippen LogP contribution is 2.43. The Morgan fingerprint density at radius 2 is 1.72 bits per heavy atom. The summed E-state index contributed by atoms with van der Waals surface area (Å²) in [5, 5.41) is 0.917. The fraction of sp³-hybridized carbons (Fsp3) is 0.273. The molecular formula is C22H19NO6. The number of hydrogen-bond acceptors (Lipinski definition) is 6. The topological polar surface area (TPSA) is 86.9 Å². The van der Waals surface area contributed by atoms with Crippen LogP contribution in [-0.2, 0) is 19.1 Å². The van der Waals surface area contributed by atoms with E-state index in [1.54, 1.807) is 26.0 Å². The Morgan fingerprint density at radius 3 is 2.52 bits per heavy atom. The smallest absolute Gasteiger partial charge is 0.324 e. The second kappa shape index (κ2) is 6.27. The van der Waals surface area contributed by atoms with Crippen LogP contribution in [0.25, 0.3) is 10.9 Å². The molecule has 0 bridgehead atoms. The number of carbonyl (C=O) groups excluding carboxylic acids is 2. The summed E-state index contributed by atoms with van der Waals surface area (Å²) in [6, 6.07) is 13.1. The van der Waals surface area contributed by atoms with Gasteiger partial charge in [0.05, 0.1) is 0 Å². The molecule has 0 radical (unpaired) electrons. The van der Waals surface area contributed by atoms with E-state index >= 15 is 0 Å². The number of benzene rings is 2. The van der Waals surface area contributed by atoms with E-state index < -0.39 is 29.6 Å². The summed E-state index contributed by atoms with van der Waals surface area (Å²) in [5.41, 5.74) is 2.45. The SMILES string of the molecule is CC1(C)OC(=O)C([C@@H](c2ccc3c(c2)OCO3)c2c[nH]c3ccccc23)C(=O)O1. The van der Waals surface area contributed by atoms with Gasteiger partial charge in [-0.15, -0.1) is 0 Å². The first-order chi connectivity index (χ1) is 13.9. The third-order valence-corrected chi connectivity index (χ3v) is 5.25. The van der Waals surface area contributed by atoms with Crippen molar-refractivity contribution in [3.63, 3.8) is 0 Å². The number of fused-ring (bicyclic) bond motifs is 2. The molecule has 1 N–H and O–H groups in total. The first-order valence-electron chi connectivity index (χ1n) is 9.34. The number of rotatable bonds is 3. The molecule has 2 aromatic carbocycles. The van der Waals surface area contributed by atoms with E-state index in [4.69, 9.17) is 18.9 Å². The molecule has 0 unspecified atom stereocenters. The standard InChI is InChI=1S/C22H19NO6/c1-22(2)28-20(24)19(21(25)29-22)18(12-7-8-16-17(9-12)27-11-26-16)14-10-23-15-6-4-3-5-13(14)15/h3-10,18-19,23H,11H2,1-2H3/t18-/m0/s1. The van der Waals surface area contributed by atoms with Crippen molar-refractivity contribution in [3.05, 3.63) is 59.8 Å². The van der Waals surface area contributed by atoms with Crippen LogP contribution in [0, 0.1) is 5.92 Å². The number of hydrogen-bond donors (Lipinski definition) is 1. The highest BCUT2D eigenvalue weighted by Gasteiger charge is 2.48. The average molecular weight is 393 g/mol. The number of nitrogens with one attached hydrogen (secondary N) is 1. The number of para-hydroxylation sites is 1. The fourth-order valence-corrected chi connectivity index (χ4v) is 4.01. The van der Waals surface area contributed by atoms with Gasteiger partial charge in [0.15, 0.2) is 17.4 Å². The molecule has 2 aliphatic heterocycles. The number of H-pyrrole nitrogens is 1. The molecule has 0 aliphatic carbocycles. The normalized spacial score (nSPS) is 19.1. The van der Waals surface area contributed by atoms with Gasteiger partial charge in [0.1, 0.15) is 0 Å². The van der Waals surface area contributed by atoms with Crippen molar-refractivity contribution in [2.24, 2.45) is 5.92 Å². The van der Waals surface area contributed by atoms with Crippen molar-refractivity contribution in [2.75, 3.05) is 6.79 Å². The summed E-state index contributed by atoms with van der Waals surface area (Å²) in [6.07, 6.45) is 1.82. The maximum Gasteiger partial charge on any atom is 0.324 e. The van der Waals surface area contributed by atoms with Crippen molar-refractivity contribution in [1.82, 2.24) is 4.98 Å². The number of carbonyl (C=O) groups is 2. The van der Waals surface area contributed by atoms with E-state index in [2.05, 4.69) is 4.98 Å². The van der Waals surface area contributed by atoms with E-state index in [-0.39, 0.29) is 6.79 Å². The summed E-state index contributed by atoms with van der Waals surface area (Å²) < 4.78 is 21.7. The number of ether oxygens (including phenoxy) is 4. The summed E-state index contributed by atoms with van der Waals surface area (Å²) in [4.78, 5) is 29.0. The van der Waals surface area contributed by atoms with Crippen molar-refractivity contribution in [2.45, 2.75) is 25.6 Å². The number of esters is 2. The molecule has 29 heavy (non-hydrogen) atoms. The summed E-state index contributed by atoms with van der Waals surface area (Å²) in [5.74, 6) is -3.06. The van der Waals surface area contributed by atoms with E-state index in [1.165, 1.54) is 0 Å². The van der Waals surface area contributed by atoms with Gasteiger partial charge in [0.2, 0.25) is 6.79 Å². The van der Waals surface area contributed by atoms with Crippen LogP contribution in [0.2, 0.25) is 0 Å². The zero-order valence-corrected chi connectivity index (χ0v) is 15.9. The van der Waals surface area contributed by atoms with Gasteiger partial charge in [-0.25, -0.2) is 0 Å². The van der Waals surface area contributed by atoms with Gasteiger partial charge in [-0.05, 0) is 29.3 Å². The van der Waals surface area contributed by atoms with Gasteiger partial charge in [-0.1, -0.05) is 24.3 Å². The lowest BCUT2D eigenvalue weighted by molar-refractivity contribution is -0.240. The molecule has 3 heterocycles. The molecule has 1 atom stereocenters. The molecule has 1 aromatic heterocycles. The molecule has 7 heteroatoms. The van der Waals surface area contributed by atoms with E-state index in [0.717, 1.165) is 22.0 Å². The van der Waals surface area contributed by atoms with Crippen LogP contribution in [-0.4, -0.2) is 29.5 Å². The molecule has 3 aromatic rings. The molecule has 5 rings (SSSR count). The minimum atomic E-state index is -1.29. The predicted molar refractivity (Wildman–Crippen MR) is 102 cm³/mol. The Morgan fingerprint density at radius 1 is 1.00 bits per heavy atom. The first-order valence-corrected chi connectivity index (χ1v) is 9.34.